The number of nitrogens with one attached hydrogen (secondary N) is 2. The van der Waals surface area contributed by atoms with Gasteiger partial charge >= 0.3 is 0 Å². The van der Waals surface area contributed by atoms with Gasteiger partial charge in [-0.05, 0) is 74.2 Å². The Labute approximate surface area is 414 Å². The Morgan fingerprint density at radius 1 is 0.551 bits per heavy atom. The number of azo groups is 2. The lowest BCUT2D eigenvalue weighted by atomic mass is 10.2. The van der Waals surface area contributed by atoms with Gasteiger partial charge in [0.1, 0.15) is 32.7 Å². The van der Waals surface area contributed by atoms with Gasteiger partial charge in [0.25, 0.3) is 40.5 Å². The molecule has 32 heteroatoms. The van der Waals surface area contributed by atoms with Gasteiger partial charge in [-0.2, -0.15) is 58.9 Å². The van der Waals surface area contributed by atoms with E-state index in [2.05, 4.69) is 46.0 Å². The second-order valence-corrected chi connectivity index (χ2v) is 21.9. The fourth-order valence-electron chi connectivity index (χ4n) is 6.02. The molecule has 1 aliphatic heterocycles. The minimum Gasteiger partial charge on any atom is -0.491 e. The first-order chi connectivity index (χ1) is 32.3. The van der Waals surface area contributed by atoms with Crippen LogP contribution in [0.5, 0.6) is 11.5 Å². The Balaban J connectivity index is 1.37. The van der Waals surface area contributed by atoms with E-state index < -0.39 is 61.8 Å². The molecule has 0 bridgehead atoms. The van der Waals surface area contributed by atoms with Crippen LogP contribution < -0.4 is 25.0 Å². The molecule has 5 aromatic rings. The van der Waals surface area contributed by atoms with Crippen LogP contribution >= 0.6 is 46.4 Å². The van der Waals surface area contributed by atoms with Gasteiger partial charge in [-0.15, -0.1) is 10.2 Å². The molecule has 6 rings (SSSR count). The Morgan fingerprint density at radius 2 is 0.957 bits per heavy atom. The van der Waals surface area contributed by atoms with Crippen LogP contribution in [0, 0.1) is 0 Å². The zero-order valence-corrected chi connectivity index (χ0v) is 41.2. The molecular weight excluding hydrogens is 1080 g/mol. The first-order valence-corrected chi connectivity index (χ1v) is 27.2. The summed E-state index contributed by atoms with van der Waals surface area (Å²) in [5, 5.41) is 21.6. The monoisotopic (exact) mass is 1110 g/mol. The molecule has 4 aromatic carbocycles. The number of benzene rings is 4. The van der Waals surface area contributed by atoms with Crippen molar-refractivity contribution in [2.24, 2.45) is 20.5 Å². The largest absolute Gasteiger partial charge is 0.491 e. The highest BCUT2D eigenvalue weighted by Gasteiger charge is 2.22. The number of ether oxygens (including phenoxy) is 2. The van der Waals surface area contributed by atoms with Crippen LogP contribution in [-0.4, -0.2) is 105 Å². The smallest absolute Gasteiger partial charge is 0.296 e. The molecule has 0 spiro atoms. The molecule has 0 unspecified atom stereocenters. The summed E-state index contributed by atoms with van der Waals surface area (Å²) in [5.74, 6) is -1.26. The molecule has 370 valence electrons. The van der Waals surface area contributed by atoms with E-state index >= 15 is 0 Å². The number of anilines is 5. The number of nitrogens with zero attached hydrogens (tertiary/aromatic N) is 8. The zero-order valence-electron chi connectivity index (χ0n) is 34.9. The zero-order chi connectivity index (χ0) is 50.3. The van der Waals surface area contributed by atoms with Gasteiger partial charge in [0.2, 0.25) is 17.8 Å². The molecule has 1 aromatic heterocycles. The average molecular weight is 1110 g/mol. The predicted octanol–water partition coefficient (Wildman–Crippen LogP) is 9.21. The summed E-state index contributed by atoms with van der Waals surface area (Å²) < 4.78 is 142. The van der Waals surface area contributed by atoms with E-state index in [9.17, 15) is 51.9 Å². The van der Waals surface area contributed by atoms with Crippen LogP contribution in [0.3, 0.4) is 0 Å². The standard InChI is InChI=1S/C37H36Cl4N10O14S4/c38-23-7-5-21(15-33(23)68(58,59)60)47-49-27-19-31(64-11-3-13-66(52,53)54)29(17-25(27)40)42-35-44-36(46-37(45-35)51-9-1-2-10-51)43-30-18-26(41)28(20-32(30)65-12-4-14-67(55,56)57)50-48-22-6-8-24(39)34(16-22)69(61,62)63/h5-8,15-20H,1-4,9-14H2,(H,52,53,54)(H,55,56,57)(H,58,59,60)(H,61,62,63)(H2,42,43,44,45,46). The van der Waals surface area contributed by atoms with E-state index in [1.54, 1.807) is 0 Å². The molecule has 1 saturated heterocycles. The third kappa shape index (κ3) is 15.7. The van der Waals surface area contributed by atoms with Crippen LogP contribution in [0.4, 0.5) is 52.0 Å². The van der Waals surface area contributed by atoms with Crippen molar-refractivity contribution in [2.75, 3.05) is 53.3 Å². The van der Waals surface area contributed by atoms with Gasteiger partial charge in [-0.25, -0.2) is 0 Å². The minimum atomic E-state index is -4.72. The van der Waals surface area contributed by atoms with Crippen LogP contribution in [0.2, 0.25) is 20.1 Å². The van der Waals surface area contributed by atoms with Crippen molar-refractivity contribution in [3.8, 4) is 11.5 Å². The summed E-state index contributed by atoms with van der Waals surface area (Å²) in [6.45, 7) is 0.643. The van der Waals surface area contributed by atoms with Crippen LogP contribution in [-0.2, 0) is 40.5 Å². The van der Waals surface area contributed by atoms with Crippen LogP contribution in [0.1, 0.15) is 25.7 Å². The predicted molar refractivity (Wildman–Crippen MR) is 255 cm³/mol. The van der Waals surface area contributed by atoms with E-state index in [4.69, 9.17) is 55.9 Å². The summed E-state index contributed by atoms with van der Waals surface area (Å²) >= 11 is 25.1. The first kappa shape index (κ1) is 53.2. The summed E-state index contributed by atoms with van der Waals surface area (Å²) in [5.41, 5.74) is 0.0999. The number of hydrogen-bond donors (Lipinski definition) is 6. The first-order valence-electron chi connectivity index (χ1n) is 19.6. The van der Waals surface area contributed by atoms with E-state index in [0.29, 0.717) is 13.1 Å². The summed E-state index contributed by atoms with van der Waals surface area (Å²) in [4.78, 5) is 14.3. The third-order valence-corrected chi connectivity index (χ3v) is 14.0. The highest BCUT2D eigenvalue weighted by atomic mass is 35.5. The Morgan fingerprint density at radius 3 is 1.33 bits per heavy atom. The number of hydrogen-bond acceptors (Lipinski definition) is 20. The quantitative estimate of drug-likeness (QED) is 0.0226. The summed E-state index contributed by atoms with van der Waals surface area (Å²) in [7, 11) is -18.1. The van der Waals surface area contributed by atoms with Gasteiger partial charge in [0.05, 0.1) is 67.6 Å². The second kappa shape index (κ2) is 22.3. The van der Waals surface area contributed by atoms with Gasteiger partial charge in [-0.3, -0.25) is 18.2 Å². The fraction of sp³-hybridized carbons (Fsp3) is 0.270. The Bertz CT molecular complexity index is 3070. The Kier molecular flexibility index (Phi) is 17.2. The van der Waals surface area contributed by atoms with Gasteiger partial charge < -0.3 is 25.0 Å². The fourth-order valence-corrected chi connectivity index (χ4v) is 9.38. The van der Waals surface area contributed by atoms with Crippen LogP contribution in [0.25, 0.3) is 0 Å². The van der Waals surface area contributed by atoms with Gasteiger partial charge in [0.15, 0.2) is 0 Å². The van der Waals surface area contributed by atoms with Crippen molar-refractivity contribution in [1.82, 2.24) is 15.0 Å². The molecule has 0 saturated carbocycles. The van der Waals surface area contributed by atoms with Gasteiger partial charge in [0, 0.05) is 25.2 Å². The molecular formula is C37H36Cl4N10O14S4. The molecule has 24 nitrogen and oxygen atoms in total. The number of aromatic nitrogens is 3. The van der Waals surface area contributed by atoms with Crippen molar-refractivity contribution in [2.45, 2.75) is 35.5 Å². The van der Waals surface area contributed by atoms with Crippen LogP contribution in [0.15, 0.2) is 90.9 Å². The topological polar surface area (TPSA) is 351 Å². The third-order valence-electron chi connectivity index (χ3n) is 9.14. The molecule has 2 heterocycles. The maximum Gasteiger partial charge on any atom is 0.296 e. The second-order valence-electron chi connectivity index (χ2n) is 14.4. The van der Waals surface area contributed by atoms with E-state index in [1.807, 2.05) is 4.90 Å². The number of halogens is 4. The normalized spacial score (nSPS) is 13.7. The summed E-state index contributed by atoms with van der Waals surface area (Å²) in [6, 6.07) is 12.3. The highest BCUT2D eigenvalue weighted by Crippen LogP contribution is 2.41. The molecule has 1 aliphatic rings. The van der Waals surface area contributed by atoms with E-state index in [-0.39, 0.29) is 110 Å². The van der Waals surface area contributed by atoms with Crippen molar-refractivity contribution in [3.63, 3.8) is 0 Å². The Hall–Kier alpha value is -5.11. The summed E-state index contributed by atoms with van der Waals surface area (Å²) in [6.07, 6.45) is 1.33. The van der Waals surface area contributed by atoms with E-state index in [1.165, 1.54) is 48.5 Å². The molecule has 0 atom stereocenters. The van der Waals surface area contributed by atoms with Crippen molar-refractivity contribution in [3.05, 3.63) is 80.8 Å². The lowest BCUT2D eigenvalue weighted by Gasteiger charge is -2.19. The molecule has 6 N–H and O–H groups in total. The van der Waals surface area contributed by atoms with Crippen molar-refractivity contribution < 1.29 is 61.4 Å². The van der Waals surface area contributed by atoms with E-state index in [0.717, 1.165) is 25.0 Å². The highest BCUT2D eigenvalue weighted by molar-refractivity contribution is 7.86. The lowest BCUT2D eigenvalue weighted by Crippen LogP contribution is -2.22. The molecule has 1 fully saturated rings. The van der Waals surface area contributed by atoms with Gasteiger partial charge in [-0.1, -0.05) is 46.4 Å². The molecule has 0 aliphatic carbocycles. The molecule has 69 heavy (non-hydrogen) atoms. The average Bonchev–Trinajstić information content (AvgIpc) is 3.79. The SMILES string of the molecule is O=S(=O)(O)CCCOc1cc(N=Nc2ccc(Cl)c(S(=O)(=O)O)c2)c(Cl)cc1Nc1nc(Nc2cc(Cl)c(N=Nc3ccc(Cl)c(S(=O)(=O)O)c3)cc2OCCCS(=O)(=O)O)nc(N2CCCC2)n1. The lowest BCUT2D eigenvalue weighted by molar-refractivity contribution is 0.317. The molecule has 0 radical (unpaired) electrons. The van der Waals surface area contributed by atoms with Crippen molar-refractivity contribution >= 4 is 139 Å². The molecule has 0 amide bonds. The maximum atomic E-state index is 11.8. The minimum absolute atomic E-state index is 0.000914. The van der Waals surface area contributed by atoms with Crippen molar-refractivity contribution in [1.29, 1.82) is 0 Å². The number of rotatable bonds is 21. The maximum absolute atomic E-state index is 11.8.